The van der Waals surface area contributed by atoms with Gasteiger partial charge in [-0.1, -0.05) is 23.8 Å². The second-order valence-corrected chi connectivity index (χ2v) is 9.69. The van der Waals surface area contributed by atoms with E-state index in [2.05, 4.69) is 26.8 Å². The summed E-state index contributed by atoms with van der Waals surface area (Å²) in [5.41, 5.74) is 1.62. The molecule has 6 atom stereocenters. The third-order valence-corrected chi connectivity index (χ3v) is 7.11. The van der Waals surface area contributed by atoms with E-state index in [-0.39, 0.29) is 41.4 Å². The summed E-state index contributed by atoms with van der Waals surface area (Å²) in [5.74, 6) is 0.459. The maximum absolute atomic E-state index is 12.6. The monoisotopic (exact) mass is 456 g/mol. The van der Waals surface area contributed by atoms with Crippen LogP contribution in [0.25, 0.3) is 6.08 Å². The zero-order valence-corrected chi connectivity index (χ0v) is 20.3. The number of carbonyl (C=O) groups is 1. The largest absolute Gasteiger partial charge is 0.494 e. The van der Waals surface area contributed by atoms with Gasteiger partial charge in [0, 0.05) is 13.2 Å². The van der Waals surface area contributed by atoms with Crippen LogP contribution >= 0.6 is 0 Å². The number of hydrogen-bond acceptors (Lipinski definition) is 6. The van der Waals surface area contributed by atoms with E-state index in [9.17, 15) is 4.79 Å². The van der Waals surface area contributed by atoms with Crippen molar-refractivity contribution in [1.82, 2.24) is 0 Å². The Labute approximate surface area is 196 Å². The zero-order valence-electron chi connectivity index (χ0n) is 20.3. The van der Waals surface area contributed by atoms with E-state index >= 15 is 0 Å². The highest BCUT2D eigenvalue weighted by Gasteiger charge is 2.72. The molecular formula is C27H36O6. The van der Waals surface area contributed by atoms with Crippen LogP contribution in [-0.2, 0) is 23.7 Å². The highest BCUT2D eigenvalue weighted by molar-refractivity contribution is 5.87. The van der Waals surface area contributed by atoms with Crippen molar-refractivity contribution >= 4 is 12.0 Å². The fourth-order valence-electron chi connectivity index (χ4n) is 5.26. The van der Waals surface area contributed by atoms with Gasteiger partial charge in [0.2, 0.25) is 0 Å². The number of carbonyl (C=O) groups excluding carboxylic acids is 1. The first kappa shape index (κ1) is 24.0. The predicted octanol–water partition coefficient (Wildman–Crippen LogP) is 4.72. The Morgan fingerprint density at radius 3 is 2.58 bits per heavy atom. The van der Waals surface area contributed by atoms with Crippen LogP contribution in [0.5, 0.6) is 5.75 Å². The molecule has 1 saturated carbocycles. The van der Waals surface area contributed by atoms with Crippen molar-refractivity contribution < 1.29 is 28.5 Å². The summed E-state index contributed by atoms with van der Waals surface area (Å²) < 4.78 is 29.5. The smallest absolute Gasteiger partial charge is 0.331 e. The lowest BCUT2D eigenvalue weighted by atomic mass is 9.68. The number of esters is 1. The molecule has 180 valence electrons. The molecule has 1 aliphatic carbocycles. The summed E-state index contributed by atoms with van der Waals surface area (Å²) in [6.45, 7) is 9.62. The molecule has 0 N–H and O–H groups in total. The maximum atomic E-state index is 12.6. The van der Waals surface area contributed by atoms with Gasteiger partial charge >= 0.3 is 5.97 Å². The SMILES string of the molecule is CCOc1ccc(/C=C/C(=O)O[C@@H]2CC[C@]3(CO3)[C@@H](C3(C)O[C@H]3CC=C(C)C)[C@@H]2OC)cc1. The molecule has 1 aromatic carbocycles. The van der Waals surface area contributed by atoms with Crippen LogP contribution in [0, 0.1) is 5.92 Å². The lowest BCUT2D eigenvalue weighted by molar-refractivity contribution is -0.166. The summed E-state index contributed by atoms with van der Waals surface area (Å²) in [5, 5.41) is 0. The third-order valence-electron chi connectivity index (χ3n) is 7.11. The molecule has 6 heteroatoms. The lowest BCUT2D eigenvalue weighted by Gasteiger charge is -2.42. The highest BCUT2D eigenvalue weighted by atomic mass is 16.6. The van der Waals surface area contributed by atoms with Crippen molar-refractivity contribution in [2.24, 2.45) is 5.92 Å². The van der Waals surface area contributed by atoms with Gasteiger partial charge in [0.1, 0.15) is 29.2 Å². The van der Waals surface area contributed by atoms with Crippen LogP contribution in [0.2, 0.25) is 0 Å². The first-order valence-electron chi connectivity index (χ1n) is 11.9. The van der Waals surface area contributed by atoms with Crippen molar-refractivity contribution in [2.45, 2.75) is 76.5 Å². The molecule has 1 spiro atoms. The van der Waals surface area contributed by atoms with Gasteiger partial charge in [0.05, 0.1) is 25.2 Å². The summed E-state index contributed by atoms with van der Waals surface area (Å²) >= 11 is 0. The van der Waals surface area contributed by atoms with Gasteiger partial charge in [-0.25, -0.2) is 4.79 Å². The summed E-state index contributed by atoms with van der Waals surface area (Å²) in [6.07, 6.45) is 7.39. The Morgan fingerprint density at radius 1 is 1.24 bits per heavy atom. The Morgan fingerprint density at radius 2 is 1.97 bits per heavy atom. The number of allylic oxidation sites excluding steroid dienone is 1. The molecule has 2 heterocycles. The number of benzene rings is 1. The van der Waals surface area contributed by atoms with Crippen LogP contribution in [0.4, 0.5) is 0 Å². The quantitative estimate of drug-likeness (QED) is 0.232. The molecule has 3 aliphatic rings. The fourth-order valence-corrected chi connectivity index (χ4v) is 5.26. The van der Waals surface area contributed by atoms with Crippen molar-refractivity contribution in [3.8, 4) is 5.75 Å². The molecule has 0 bridgehead atoms. The van der Waals surface area contributed by atoms with E-state index in [0.29, 0.717) is 19.6 Å². The minimum Gasteiger partial charge on any atom is -0.494 e. The number of hydrogen-bond donors (Lipinski definition) is 0. The van der Waals surface area contributed by atoms with Crippen LogP contribution < -0.4 is 4.74 Å². The first-order valence-corrected chi connectivity index (χ1v) is 11.9. The van der Waals surface area contributed by atoms with E-state index in [1.807, 2.05) is 31.2 Å². The van der Waals surface area contributed by atoms with Gasteiger partial charge in [-0.3, -0.25) is 0 Å². The molecule has 6 nitrogen and oxygen atoms in total. The van der Waals surface area contributed by atoms with E-state index in [0.717, 1.165) is 24.2 Å². The predicted molar refractivity (Wildman–Crippen MR) is 126 cm³/mol. The van der Waals surface area contributed by atoms with Gasteiger partial charge < -0.3 is 23.7 Å². The van der Waals surface area contributed by atoms with Crippen molar-refractivity contribution in [3.05, 3.63) is 47.6 Å². The van der Waals surface area contributed by atoms with E-state index in [1.165, 1.54) is 11.6 Å². The van der Waals surface area contributed by atoms with E-state index < -0.39 is 0 Å². The normalized spacial score (nSPS) is 34.8. The molecule has 2 saturated heterocycles. The molecule has 0 aromatic heterocycles. The highest BCUT2D eigenvalue weighted by Crippen LogP contribution is 2.59. The molecule has 0 radical (unpaired) electrons. The first-order chi connectivity index (χ1) is 15.8. The Bertz CT molecular complexity index is 896. The topological polar surface area (TPSA) is 69.8 Å². The van der Waals surface area contributed by atoms with Crippen molar-refractivity contribution in [3.63, 3.8) is 0 Å². The van der Waals surface area contributed by atoms with Gasteiger partial charge in [-0.05, 0) is 70.7 Å². The Kier molecular flexibility index (Phi) is 6.99. The summed E-state index contributed by atoms with van der Waals surface area (Å²) in [7, 11) is 1.69. The van der Waals surface area contributed by atoms with Crippen molar-refractivity contribution in [1.29, 1.82) is 0 Å². The average molecular weight is 457 g/mol. The maximum Gasteiger partial charge on any atom is 0.331 e. The molecule has 33 heavy (non-hydrogen) atoms. The molecule has 0 amide bonds. The van der Waals surface area contributed by atoms with Gasteiger partial charge in [-0.15, -0.1) is 0 Å². The molecule has 2 aliphatic heterocycles. The molecular weight excluding hydrogens is 420 g/mol. The minimum absolute atomic E-state index is 0.0206. The third kappa shape index (κ3) is 5.18. The molecule has 1 aromatic rings. The molecule has 3 fully saturated rings. The Balaban J connectivity index is 1.42. The zero-order chi connectivity index (χ0) is 23.6. The summed E-state index contributed by atoms with van der Waals surface area (Å²) in [4.78, 5) is 12.6. The van der Waals surface area contributed by atoms with Gasteiger partial charge in [0.15, 0.2) is 0 Å². The van der Waals surface area contributed by atoms with Gasteiger partial charge in [0.25, 0.3) is 0 Å². The van der Waals surface area contributed by atoms with Crippen LogP contribution in [-0.4, -0.2) is 55.8 Å². The number of epoxide rings is 2. The average Bonchev–Trinajstić information content (AvgIpc) is 3.70. The van der Waals surface area contributed by atoms with Crippen LogP contribution in [0.1, 0.15) is 52.5 Å². The summed E-state index contributed by atoms with van der Waals surface area (Å²) in [6, 6.07) is 7.60. The fraction of sp³-hybridized carbons (Fsp3) is 0.593. The number of ether oxygens (including phenoxy) is 5. The molecule has 1 unspecified atom stereocenters. The Hall–Kier alpha value is -2.15. The number of methoxy groups -OCH3 is 1. The van der Waals surface area contributed by atoms with Crippen LogP contribution in [0.3, 0.4) is 0 Å². The van der Waals surface area contributed by atoms with E-state index in [1.54, 1.807) is 13.2 Å². The lowest BCUT2D eigenvalue weighted by Crippen LogP contribution is -2.55. The second kappa shape index (κ2) is 9.61. The minimum atomic E-state index is -0.370. The van der Waals surface area contributed by atoms with Crippen molar-refractivity contribution in [2.75, 3.05) is 20.3 Å². The molecule has 4 rings (SSSR count). The second-order valence-electron chi connectivity index (χ2n) is 9.69. The van der Waals surface area contributed by atoms with E-state index in [4.69, 9.17) is 23.7 Å². The standard InChI is InChI=1S/C27H36O6/c1-6-30-20-11-8-19(9-12-20)10-14-23(28)32-21-15-16-27(17-31-27)25(24(21)29-5)26(4)22(33-26)13-7-18(2)3/h7-12,14,21-22,24-25H,6,13,15-17H2,1-5H3/b14-10+/t21-,22+,24-,25-,26?,27+/m1/s1. The number of rotatable bonds is 9. The van der Waals surface area contributed by atoms with Crippen LogP contribution in [0.15, 0.2) is 42.0 Å². The van der Waals surface area contributed by atoms with Gasteiger partial charge in [-0.2, -0.15) is 0 Å².